The molecule has 0 amide bonds. The standard InChI is InChI=1S/C26H17F3N4O2/c27-20-10-16(14-5-7-31-22(28)11-14)9-19-24(20)35-21-4-3-15(17-2-1-6-32-25(17)29)8-18(21)26(19)13-34-12-23(30)33-26/h1-11H,12-13H2,(H2,30,33)/t26-/m1/s1. The molecule has 0 radical (unpaired) electrons. The highest BCUT2D eigenvalue weighted by Gasteiger charge is 2.46. The molecule has 35 heavy (non-hydrogen) atoms. The van der Waals surface area contributed by atoms with E-state index in [2.05, 4.69) is 9.97 Å². The molecule has 0 fully saturated rings. The summed E-state index contributed by atoms with van der Waals surface area (Å²) in [5, 5.41) is 0. The molecule has 0 aliphatic carbocycles. The number of aliphatic imine (C=N–C) groups is 1. The Labute approximate surface area is 197 Å². The predicted octanol–water partition coefficient (Wildman–Crippen LogP) is 4.96. The molecular formula is C26H17F3N4O2. The van der Waals surface area contributed by atoms with Gasteiger partial charge in [0.05, 0.1) is 6.61 Å². The van der Waals surface area contributed by atoms with Crippen LogP contribution in [0.1, 0.15) is 11.1 Å². The Kier molecular flexibility index (Phi) is 4.82. The van der Waals surface area contributed by atoms with Gasteiger partial charge in [-0.05, 0) is 59.2 Å². The van der Waals surface area contributed by atoms with Gasteiger partial charge in [0.25, 0.3) is 0 Å². The zero-order chi connectivity index (χ0) is 24.2. The normalized spacial score (nSPS) is 18.4. The van der Waals surface area contributed by atoms with Crippen molar-refractivity contribution in [2.75, 3.05) is 13.2 Å². The Morgan fingerprint density at radius 3 is 2.51 bits per heavy atom. The fraction of sp³-hybridized carbons (Fsp3) is 0.115. The van der Waals surface area contributed by atoms with E-state index in [0.29, 0.717) is 33.6 Å². The van der Waals surface area contributed by atoms with E-state index < -0.39 is 23.3 Å². The summed E-state index contributed by atoms with van der Waals surface area (Å²) in [7, 11) is 0. The molecule has 6 rings (SSSR count). The number of hydrogen-bond donors (Lipinski definition) is 1. The summed E-state index contributed by atoms with van der Waals surface area (Å²) < 4.78 is 55.4. The minimum absolute atomic E-state index is 0.0295. The van der Waals surface area contributed by atoms with Crippen LogP contribution in [-0.4, -0.2) is 29.0 Å². The molecule has 174 valence electrons. The molecule has 0 saturated carbocycles. The summed E-state index contributed by atoms with van der Waals surface area (Å²) in [5.74, 6) is -1.44. The molecule has 2 aliphatic heterocycles. The van der Waals surface area contributed by atoms with E-state index in [0.717, 1.165) is 0 Å². The number of pyridine rings is 2. The summed E-state index contributed by atoms with van der Waals surface area (Å²) in [6, 6.07) is 14.0. The van der Waals surface area contributed by atoms with Crippen molar-refractivity contribution in [3.05, 3.63) is 95.8 Å². The number of rotatable bonds is 2. The Bertz CT molecular complexity index is 1520. The van der Waals surface area contributed by atoms with Crippen LogP contribution in [0.4, 0.5) is 13.2 Å². The first-order valence-electron chi connectivity index (χ1n) is 10.8. The predicted molar refractivity (Wildman–Crippen MR) is 123 cm³/mol. The smallest absolute Gasteiger partial charge is 0.220 e. The molecule has 2 aromatic carbocycles. The van der Waals surface area contributed by atoms with Crippen molar-refractivity contribution in [2.24, 2.45) is 10.7 Å². The summed E-state index contributed by atoms with van der Waals surface area (Å²) >= 11 is 0. The summed E-state index contributed by atoms with van der Waals surface area (Å²) in [6.07, 6.45) is 2.67. The molecule has 2 N–H and O–H groups in total. The van der Waals surface area contributed by atoms with Crippen molar-refractivity contribution in [1.29, 1.82) is 0 Å². The largest absolute Gasteiger partial charge is 0.453 e. The van der Waals surface area contributed by atoms with E-state index in [1.807, 2.05) is 0 Å². The van der Waals surface area contributed by atoms with Crippen molar-refractivity contribution < 1.29 is 22.6 Å². The Morgan fingerprint density at radius 1 is 0.857 bits per heavy atom. The van der Waals surface area contributed by atoms with Gasteiger partial charge >= 0.3 is 0 Å². The monoisotopic (exact) mass is 474 g/mol. The molecule has 0 saturated heterocycles. The molecule has 9 heteroatoms. The number of ether oxygens (including phenoxy) is 2. The maximum Gasteiger partial charge on any atom is 0.220 e. The number of benzene rings is 2. The van der Waals surface area contributed by atoms with Crippen molar-refractivity contribution >= 4 is 5.84 Å². The van der Waals surface area contributed by atoms with Gasteiger partial charge in [-0.25, -0.2) is 14.4 Å². The van der Waals surface area contributed by atoms with Crippen molar-refractivity contribution in [1.82, 2.24) is 9.97 Å². The van der Waals surface area contributed by atoms with Gasteiger partial charge in [-0.2, -0.15) is 8.78 Å². The van der Waals surface area contributed by atoms with E-state index in [1.54, 1.807) is 42.5 Å². The number of amidine groups is 1. The van der Waals surface area contributed by atoms with Crippen LogP contribution in [0, 0.1) is 17.7 Å². The number of nitrogens with two attached hydrogens (primary N) is 1. The molecule has 6 nitrogen and oxygen atoms in total. The lowest BCUT2D eigenvalue weighted by Gasteiger charge is -2.39. The minimum Gasteiger partial charge on any atom is -0.453 e. The second-order valence-corrected chi connectivity index (χ2v) is 8.31. The zero-order valence-corrected chi connectivity index (χ0v) is 18.1. The molecular weight excluding hydrogens is 457 g/mol. The average molecular weight is 474 g/mol. The van der Waals surface area contributed by atoms with Crippen LogP contribution in [0.15, 0.2) is 72.0 Å². The Hall–Kier alpha value is -4.24. The highest BCUT2D eigenvalue weighted by atomic mass is 19.1. The molecule has 2 aliphatic rings. The fourth-order valence-electron chi connectivity index (χ4n) is 4.61. The topological polar surface area (TPSA) is 82.6 Å². The molecule has 2 aromatic heterocycles. The summed E-state index contributed by atoms with van der Waals surface area (Å²) in [4.78, 5) is 12.0. The fourth-order valence-corrected chi connectivity index (χ4v) is 4.61. The van der Waals surface area contributed by atoms with E-state index in [4.69, 9.17) is 20.2 Å². The van der Waals surface area contributed by atoms with E-state index in [9.17, 15) is 8.78 Å². The van der Waals surface area contributed by atoms with Gasteiger partial charge in [-0.1, -0.05) is 6.07 Å². The Balaban J connectivity index is 1.61. The van der Waals surface area contributed by atoms with Gasteiger partial charge < -0.3 is 15.2 Å². The third kappa shape index (κ3) is 3.43. The van der Waals surface area contributed by atoms with Gasteiger partial charge in [0.1, 0.15) is 23.7 Å². The lowest BCUT2D eigenvalue weighted by Crippen LogP contribution is -2.42. The maximum atomic E-state index is 15.4. The average Bonchev–Trinajstić information content (AvgIpc) is 2.85. The lowest BCUT2D eigenvalue weighted by atomic mass is 9.78. The van der Waals surface area contributed by atoms with Crippen LogP contribution in [0.2, 0.25) is 0 Å². The van der Waals surface area contributed by atoms with Gasteiger partial charge in [0.2, 0.25) is 11.9 Å². The van der Waals surface area contributed by atoms with Crippen molar-refractivity contribution in [2.45, 2.75) is 5.54 Å². The molecule has 4 aromatic rings. The van der Waals surface area contributed by atoms with Crippen LogP contribution >= 0.6 is 0 Å². The summed E-state index contributed by atoms with van der Waals surface area (Å²) in [5.41, 5.74) is 7.39. The van der Waals surface area contributed by atoms with Crippen LogP contribution in [0.25, 0.3) is 22.3 Å². The number of hydrogen-bond acceptors (Lipinski definition) is 6. The molecule has 0 bridgehead atoms. The van der Waals surface area contributed by atoms with Crippen LogP contribution in [-0.2, 0) is 10.3 Å². The number of nitrogens with zero attached hydrogens (tertiary/aromatic N) is 3. The highest BCUT2D eigenvalue weighted by molar-refractivity contribution is 5.84. The van der Waals surface area contributed by atoms with Gasteiger partial charge in [-0.15, -0.1) is 0 Å². The van der Waals surface area contributed by atoms with Crippen LogP contribution < -0.4 is 10.5 Å². The quantitative estimate of drug-likeness (QED) is 0.415. The van der Waals surface area contributed by atoms with E-state index in [1.165, 1.54) is 24.5 Å². The minimum atomic E-state index is -1.26. The van der Waals surface area contributed by atoms with E-state index in [-0.39, 0.29) is 30.4 Å². The number of aromatic nitrogens is 2. The first-order valence-corrected chi connectivity index (χ1v) is 10.8. The van der Waals surface area contributed by atoms with Gasteiger partial charge in [-0.3, -0.25) is 4.99 Å². The Morgan fingerprint density at radius 2 is 1.71 bits per heavy atom. The van der Waals surface area contributed by atoms with Crippen LogP contribution in [0.3, 0.4) is 0 Å². The zero-order valence-electron chi connectivity index (χ0n) is 18.1. The maximum absolute atomic E-state index is 15.4. The third-order valence-corrected chi connectivity index (χ3v) is 6.15. The van der Waals surface area contributed by atoms with Crippen molar-refractivity contribution in [3.8, 4) is 33.8 Å². The second kappa shape index (κ2) is 7.92. The molecule has 4 heterocycles. The molecule has 0 unspecified atom stereocenters. The van der Waals surface area contributed by atoms with Crippen LogP contribution in [0.5, 0.6) is 11.5 Å². The van der Waals surface area contributed by atoms with E-state index >= 15 is 4.39 Å². The highest BCUT2D eigenvalue weighted by Crippen LogP contribution is 2.52. The summed E-state index contributed by atoms with van der Waals surface area (Å²) in [6.45, 7) is 0.158. The number of halogens is 3. The SMILES string of the molecule is NC1=N[C@]2(COC1)c1cc(-c3cccnc3F)ccc1Oc1c(F)cc(-c3ccnc(F)c3)cc12. The lowest BCUT2D eigenvalue weighted by molar-refractivity contribution is 0.109. The number of fused-ring (bicyclic) bond motifs is 4. The van der Waals surface area contributed by atoms with Gasteiger partial charge in [0, 0.05) is 35.2 Å². The third-order valence-electron chi connectivity index (χ3n) is 6.15. The molecule has 1 atom stereocenters. The van der Waals surface area contributed by atoms with Crippen molar-refractivity contribution in [3.63, 3.8) is 0 Å². The first kappa shape index (κ1) is 21.3. The molecule has 1 spiro atoms. The second-order valence-electron chi connectivity index (χ2n) is 8.31. The first-order chi connectivity index (χ1) is 16.9. The van der Waals surface area contributed by atoms with Gasteiger partial charge in [0.15, 0.2) is 11.6 Å².